The summed E-state index contributed by atoms with van der Waals surface area (Å²) in [7, 11) is 0. The Balaban J connectivity index is 1.40. The molecule has 118 valence electrons. The second-order valence-corrected chi connectivity index (χ2v) is 6.20. The van der Waals surface area contributed by atoms with Crippen LogP contribution >= 0.6 is 0 Å². The molecule has 2 aromatic heterocycles. The number of amides is 1. The van der Waals surface area contributed by atoms with Gasteiger partial charge in [-0.25, -0.2) is 4.98 Å². The summed E-state index contributed by atoms with van der Waals surface area (Å²) < 4.78 is 2.20. The van der Waals surface area contributed by atoms with Crippen molar-refractivity contribution >= 4 is 16.8 Å². The Labute approximate surface area is 134 Å². The number of hydrogen-bond donors (Lipinski definition) is 1. The molecule has 0 radical (unpaired) electrons. The standard InChI is InChI=1S/C18H20N4O/c1-2-17-19-7-8-21(17)10-13-11-22(12-13)18(23)16-9-14-5-3-4-6-15(14)20-16/h3-9,13,20H,2,10-12H2,1H3. The Kier molecular flexibility index (Phi) is 3.41. The molecule has 1 amide bonds. The molecule has 3 heterocycles. The van der Waals surface area contributed by atoms with E-state index in [1.807, 2.05) is 47.6 Å². The van der Waals surface area contributed by atoms with Crippen LogP contribution in [0.1, 0.15) is 23.2 Å². The van der Waals surface area contributed by atoms with Gasteiger partial charge in [-0.2, -0.15) is 0 Å². The maximum Gasteiger partial charge on any atom is 0.270 e. The number of benzene rings is 1. The summed E-state index contributed by atoms with van der Waals surface area (Å²) in [6.45, 7) is 4.69. The SMILES string of the molecule is CCc1nccn1CC1CN(C(=O)c2cc3ccccc3[nH]2)C1. The van der Waals surface area contributed by atoms with E-state index in [1.54, 1.807) is 0 Å². The van der Waals surface area contributed by atoms with Crippen molar-refractivity contribution in [1.29, 1.82) is 0 Å². The predicted molar refractivity (Wildman–Crippen MR) is 89.3 cm³/mol. The van der Waals surface area contributed by atoms with E-state index in [1.165, 1.54) is 0 Å². The zero-order valence-corrected chi connectivity index (χ0v) is 13.2. The van der Waals surface area contributed by atoms with Gasteiger partial charge in [0.1, 0.15) is 11.5 Å². The van der Waals surface area contributed by atoms with Crippen LogP contribution in [0.15, 0.2) is 42.7 Å². The number of rotatable bonds is 4. The lowest BCUT2D eigenvalue weighted by molar-refractivity contribution is 0.0462. The van der Waals surface area contributed by atoms with Crippen LogP contribution in [0.25, 0.3) is 10.9 Å². The van der Waals surface area contributed by atoms with Crippen LogP contribution in [-0.2, 0) is 13.0 Å². The minimum absolute atomic E-state index is 0.0961. The molecule has 23 heavy (non-hydrogen) atoms. The van der Waals surface area contributed by atoms with Gasteiger partial charge < -0.3 is 14.5 Å². The third-order valence-electron chi connectivity index (χ3n) is 4.58. The largest absolute Gasteiger partial charge is 0.351 e. The molecule has 3 aromatic rings. The molecule has 5 nitrogen and oxygen atoms in total. The number of carbonyl (C=O) groups excluding carboxylic acids is 1. The second-order valence-electron chi connectivity index (χ2n) is 6.20. The average Bonchev–Trinajstić information content (AvgIpc) is 3.15. The normalized spacial score (nSPS) is 15.1. The van der Waals surface area contributed by atoms with Gasteiger partial charge in [-0.05, 0) is 12.1 Å². The number of aryl methyl sites for hydroxylation is 1. The van der Waals surface area contributed by atoms with Gasteiger partial charge in [-0.15, -0.1) is 0 Å². The van der Waals surface area contributed by atoms with Crippen LogP contribution in [0.4, 0.5) is 0 Å². The third-order valence-corrected chi connectivity index (χ3v) is 4.58. The first-order valence-corrected chi connectivity index (χ1v) is 8.11. The number of fused-ring (bicyclic) bond motifs is 1. The minimum atomic E-state index is 0.0961. The fraction of sp³-hybridized carbons (Fsp3) is 0.333. The van der Waals surface area contributed by atoms with Crippen molar-refractivity contribution in [2.75, 3.05) is 13.1 Å². The number of hydrogen-bond acceptors (Lipinski definition) is 2. The van der Waals surface area contributed by atoms with E-state index < -0.39 is 0 Å². The van der Waals surface area contributed by atoms with Crippen molar-refractivity contribution in [2.45, 2.75) is 19.9 Å². The summed E-state index contributed by atoms with van der Waals surface area (Å²) in [4.78, 5) is 22.0. The summed E-state index contributed by atoms with van der Waals surface area (Å²) >= 11 is 0. The van der Waals surface area contributed by atoms with E-state index in [2.05, 4.69) is 21.5 Å². The Morgan fingerprint density at radius 1 is 1.35 bits per heavy atom. The molecule has 5 heteroatoms. The smallest absolute Gasteiger partial charge is 0.270 e. The van der Waals surface area contributed by atoms with Crippen LogP contribution in [-0.4, -0.2) is 38.4 Å². The maximum absolute atomic E-state index is 12.5. The van der Waals surface area contributed by atoms with Gasteiger partial charge in [-0.1, -0.05) is 25.1 Å². The molecule has 1 saturated heterocycles. The number of nitrogens with one attached hydrogen (secondary N) is 1. The minimum Gasteiger partial charge on any atom is -0.351 e. The van der Waals surface area contributed by atoms with Gasteiger partial charge in [0.05, 0.1) is 0 Å². The van der Waals surface area contributed by atoms with Gasteiger partial charge in [0.25, 0.3) is 5.91 Å². The van der Waals surface area contributed by atoms with Crippen molar-refractivity contribution in [3.8, 4) is 0 Å². The molecule has 0 unspecified atom stereocenters. The highest BCUT2D eigenvalue weighted by molar-refractivity contribution is 5.98. The van der Waals surface area contributed by atoms with Gasteiger partial charge in [-0.3, -0.25) is 4.79 Å². The average molecular weight is 308 g/mol. The number of likely N-dealkylation sites (tertiary alicyclic amines) is 1. The van der Waals surface area contributed by atoms with Gasteiger partial charge >= 0.3 is 0 Å². The molecule has 4 rings (SSSR count). The third kappa shape index (κ3) is 2.52. The van der Waals surface area contributed by atoms with Crippen LogP contribution in [0, 0.1) is 5.92 Å². The topological polar surface area (TPSA) is 53.9 Å². The Hall–Kier alpha value is -2.56. The first-order valence-electron chi connectivity index (χ1n) is 8.11. The summed E-state index contributed by atoms with van der Waals surface area (Å²) in [6.07, 6.45) is 4.82. The maximum atomic E-state index is 12.5. The van der Waals surface area contributed by atoms with E-state index >= 15 is 0 Å². The number of imidazole rings is 1. The number of nitrogens with zero attached hydrogens (tertiary/aromatic N) is 3. The fourth-order valence-electron chi connectivity index (χ4n) is 3.31. The zero-order valence-electron chi connectivity index (χ0n) is 13.2. The highest BCUT2D eigenvalue weighted by Gasteiger charge is 2.32. The van der Waals surface area contributed by atoms with Crippen LogP contribution in [0.2, 0.25) is 0 Å². The highest BCUT2D eigenvalue weighted by Crippen LogP contribution is 2.22. The molecule has 1 fully saturated rings. The number of para-hydroxylation sites is 1. The molecule has 0 atom stereocenters. The summed E-state index contributed by atoms with van der Waals surface area (Å²) in [5, 5.41) is 1.08. The quantitative estimate of drug-likeness (QED) is 0.805. The first-order chi connectivity index (χ1) is 11.2. The van der Waals surface area contributed by atoms with Gasteiger partial charge in [0, 0.05) is 55.3 Å². The number of aromatic amines is 1. The van der Waals surface area contributed by atoms with E-state index in [9.17, 15) is 4.79 Å². The van der Waals surface area contributed by atoms with E-state index in [-0.39, 0.29) is 5.91 Å². The van der Waals surface area contributed by atoms with Crippen molar-refractivity contribution < 1.29 is 4.79 Å². The first kappa shape index (κ1) is 14.1. The van der Waals surface area contributed by atoms with Crippen molar-refractivity contribution in [3.63, 3.8) is 0 Å². The van der Waals surface area contributed by atoms with E-state index in [0.717, 1.165) is 42.8 Å². The van der Waals surface area contributed by atoms with Gasteiger partial charge in [0.15, 0.2) is 0 Å². The molecular formula is C18H20N4O. The Morgan fingerprint density at radius 3 is 2.96 bits per heavy atom. The van der Waals surface area contributed by atoms with Crippen LogP contribution < -0.4 is 0 Å². The molecular weight excluding hydrogens is 288 g/mol. The fourth-order valence-corrected chi connectivity index (χ4v) is 3.31. The molecule has 0 bridgehead atoms. The number of H-pyrrole nitrogens is 1. The zero-order chi connectivity index (χ0) is 15.8. The lowest BCUT2D eigenvalue weighted by Crippen LogP contribution is -2.51. The summed E-state index contributed by atoms with van der Waals surface area (Å²) in [5.41, 5.74) is 1.69. The molecule has 1 aromatic carbocycles. The molecule has 0 aliphatic carbocycles. The highest BCUT2D eigenvalue weighted by atomic mass is 16.2. The molecule has 0 saturated carbocycles. The van der Waals surface area contributed by atoms with E-state index in [4.69, 9.17) is 0 Å². The second kappa shape index (κ2) is 5.57. The van der Waals surface area contributed by atoms with Gasteiger partial charge in [0.2, 0.25) is 0 Å². The molecule has 0 spiro atoms. The number of carbonyl (C=O) groups is 1. The molecule has 1 aliphatic heterocycles. The molecule has 1 N–H and O–H groups in total. The van der Waals surface area contributed by atoms with Crippen molar-refractivity contribution in [3.05, 3.63) is 54.2 Å². The Morgan fingerprint density at radius 2 is 2.17 bits per heavy atom. The lowest BCUT2D eigenvalue weighted by Gasteiger charge is -2.39. The Bertz CT molecular complexity index is 808. The van der Waals surface area contributed by atoms with Crippen LogP contribution in [0.5, 0.6) is 0 Å². The lowest BCUT2D eigenvalue weighted by atomic mass is 9.99. The van der Waals surface area contributed by atoms with E-state index in [0.29, 0.717) is 11.6 Å². The summed E-state index contributed by atoms with van der Waals surface area (Å²) in [5.74, 6) is 1.73. The van der Waals surface area contributed by atoms with Crippen molar-refractivity contribution in [1.82, 2.24) is 19.4 Å². The predicted octanol–water partition coefficient (Wildman–Crippen LogP) is 2.70. The van der Waals surface area contributed by atoms with Crippen molar-refractivity contribution in [2.24, 2.45) is 5.92 Å². The monoisotopic (exact) mass is 308 g/mol. The summed E-state index contributed by atoms with van der Waals surface area (Å²) in [6, 6.07) is 9.92. The number of aromatic nitrogens is 3. The molecule has 1 aliphatic rings. The van der Waals surface area contributed by atoms with Crippen LogP contribution in [0.3, 0.4) is 0 Å².